The number of anilines is 2. The van der Waals surface area contributed by atoms with Gasteiger partial charge in [0.15, 0.2) is 11.5 Å². The van der Waals surface area contributed by atoms with Gasteiger partial charge in [0, 0.05) is 30.3 Å². The molecule has 3 aromatic carbocycles. The van der Waals surface area contributed by atoms with Crippen LogP contribution in [-0.4, -0.2) is 22.6 Å². The topological polar surface area (TPSA) is 86.1 Å². The Morgan fingerprint density at radius 1 is 0.939 bits per heavy atom. The van der Waals surface area contributed by atoms with Gasteiger partial charge >= 0.3 is 15.7 Å². The highest BCUT2D eigenvalue weighted by molar-refractivity contribution is 7.87. The Morgan fingerprint density at radius 2 is 1.67 bits per heavy atom. The maximum atomic E-state index is 12.9. The zero-order chi connectivity index (χ0) is 23.6. The van der Waals surface area contributed by atoms with Gasteiger partial charge in [-0.25, -0.2) is 4.79 Å². The highest BCUT2D eigenvalue weighted by atomic mass is 32.2. The van der Waals surface area contributed by atoms with Gasteiger partial charge in [-0.3, -0.25) is 0 Å². The van der Waals surface area contributed by atoms with Gasteiger partial charge in [-0.1, -0.05) is 31.2 Å². The van der Waals surface area contributed by atoms with Crippen LogP contribution in [0.4, 0.5) is 11.4 Å². The maximum absolute atomic E-state index is 12.9. The third kappa shape index (κ3) is 4.56. The Kier molecular flexibility index (Phi) is 6.11. The predicted octanol–water partition coefficient (Wildman–Crippen LogP) is 4.90. The van der Waals surface area contributed by atoms with Crippen molar-refractivity contribution in [1.82, 2.24) is 0 Å². The lowest BCUT2D eigenvalue weighted by molar-refractivity contribution is 0.390. The number of para-hydroxylation sites is 1. The molecule has 33 heavy (non-hydrogen) atoms. The second kappa shape index (κ2) is 8.99. The van der Waals surface area contributed by atoms with Crippen molar-refractivity contribution in [3.63, 3.8) is 0 Å². The van der Waals surface area contributed by atoms with E-state index in [1.807, 2.05) is 19.1 Å². The van der Waals surface area contributed by atoms with Crippen LogP contribution >= 0.6 is 0 Å². The van der Waals surface area contributed by atoms with Gasteiger partial charge < -0.3 is 18.2 Å². The molecule has 0 aliphatic heterocycles. The van der Waals surface area contributed by atoms with Gasteiger partial charge in [-0.05, 0) is 48.4 Å². The lowest BCUT2D eigenvalue weighted by atomic mass is 10.1. The second-order valence-corrected chi connectivity index (χ2v) is 8.92. The number of fused-ring (bicyclic) bond motifs is 1. The number of benzene rings is 3. The summed E-state index contributed by atoms with van der Waals surface area (Å²) >= 11 is 0. The molecule has 0 radical (unpaired) electrons. The van der Waals surface area contributed by atoms with Gasteiger partial charge in [0.25, 0.3) is 0 Å². The summed E-state index contributed by atoms with van der Waals surface area (Å²) in [5, 5.41) is 0.738. The molecule has 4 rings (SSSR count). The Labute approximate surface area is 191 Å². The van der Waals surface area contributed by atoms with Gasteiger partial charge in [0.2, 0.25) is 0 Å². The number of nitrogens with zero attached hydrogens (tertiary/aromatic N) is 1. The van der Waals surface area contributed by atoms with Crippen molar-refractivity contribution >= 4 is 32.5 Å². The first-order valence-corrected chi connectivity index (χ1v) is 11.7. The molecule has 0 spiro atoms. The summed E-state index contributed by atoms with van der Waals surface area (Å²) in [5.41, 5.74) is 2.19. The van der Waals surface area contributed by atoms with E-state index in [4.69, 9.17) is 13.3 Å². The van der Waals surface area contributed by atoms with E-state index in [1.165, 1.54) is 25.3 Å². The van der Waals surface area contributed by atoms with Crippen LogP contribution in [0.5, 0.6) is 11.5 Å². The minimum atomic E-state index is -4.08. The summed E-state index contributed by atoms with van der Waals surface area (Å²) in [5.74, 6) is 0.298. The molecule has 7 nitrogen and oxygen atoms in total. The predicted molar refractivity (Wildman–Crippen MR) is 127 cm³/mol. The summed E-state index contributed by atoms with van der Waals surface area (Å²) in [6.07, 6.45) is 0.801. The van der Waals surface area contributed by atoms with E-state index >= 15 is 0 Å². The van der Waals surface area contributed by atoms with Gasteiger partial charge in [-0.2, -0.15) is 8.42 Å². The molecule has 8 heteroatoms. The molecule has 0 saturated heterocycles. The number of aryl methyl sites for hydroxylation is 1. The third-order valence-corrected chi connectivity index (χ3v) is 6.59. The van der Waals surface area contributed by atoms with Gasteiger partial charge in [0.1, 0.15) is 10.5 Å². The van der Waals surface area contributed by atoms with E-state index in [2.05, 4.69) is 0 Å². The average molecular weight is 466 g/mol. The normalized spacial score (nSPS) is 11.4. The van der Waals surface area contributed by atoms with Crippen LogP contribution in [-0.2, 0) is 16.5 Å². The fourth-order valence-corrected chi connectivity index (χ4v) is 4.44. The molecule has 4 aromatic rings. The summed E-state index contributed by atoms with van der Waals surface area (Å²) in [7, 11) is -0.880. The first-order valence-electron chi connectivity index (χ1n) is 10.3. The molecule has 0 bridgehead atoms. The first kappa shape index (κ1) is 22.4. The van der Waals surface area contributed by atoms with Crippen molar-refractivity contribution in [2.75, 3.05) is 19.1 Å². The summed E-state index contributed by atoms with van der Waals surface area (Å²) in [6, 6.07) is 20.0. The highest BCUT2D eigenvalue weighted by Gasteiger charge is 2.21. The Balaban J connectivity index is 1.73. The molecule has 0 aliphatic carbocycles. The van der Waals surface area contributed by atoms with Crippen LogP contribution < -0.4 is 19.4 Å². The van der Waals surface area contributed by atoms with Crippen molar-refractivity contribution in [3.8, 4) is 11.5 Å². The van der Waals surface area contributed by atoms with E-state index in [0.29, 0.717) is 17.0 Å². The van der Waals surface area contributed by atoms with Crippen molar-refractivity contribution in [2.45, 2.75) is 18.2 Å². The lowest BCUT2D eigenvalue weighted by Gasteiger charge is -2.22. The molecule has 0 atom stereocenters. The van der Waals surface area contributed by atoms with Crippen LogP contribution in [0, 0.1) is 0 Å². The van der Waals surface area contributed by atoms with Crippen LogP contribution in [0.15, 0.2) is 86.9 Å². The van der Waals surface area contributed by atoms with Crippen molar-refractivity contribution in [2.24, 2.45) is 0 Å². The van der Waals surface area contributed by atoms with Crippen molar-refractivity contribution in [1.29, 1.82) is 0 Å². The zero-order valence-electron chi connectivity index (χ0n) is 18.4. The van der Waals surface area contributed by atoms with E-state index < -0.39 is 15.7 Å². The molecule has 0 fully saturated rings. The summed E-state index contributed by atoms with van der Waals surface area (Å²) < 4.78 is 41.8. The molecule has 0 amide bonds. The quantitative estimate of drug-likeness (QED) is 0.283. The Bertz CT molecular complexity index is 1460. The average Bonchev–Trinajstić information content (AvgIpc) is 2.82. The van der Waals surface area contributed by atoms with Gasteiger partial charge in [0.05, 0.1) is 12.8 Å². The number of hydrogen-bond acceptors (Lipinski definition) is 7. The molecular weight excluding hydrogens is 442 g/mol. The SMILES string of the molecule is CCc1ccc(S(=O)(=O)Oc2cc(N(C)c3cc(=O)oc4ccccc34)ccc2OC)cc1. The third-order valence-electron chi connectivity index (χ3n) is 5.34. The van der Waals surface area contributed by atoms with E-state index in [-0.39, 0.29) is 16.4 Å². The van der Waals surface area contributed by atoms with Crippen LogP contribution in [0.25, 0.3) is 11.0 Å². The van der Waals surface area contributed by atoms with Crippen LogP contribution in [0.3, 0.4) is 0 Å². The van der Waals surface area contributed by atoms with E-state index in [9.17, 15) is 13.2 Å². The monoisotopic (exact) mass is 465 g/mol. The fraction of sp³-hybridized carbons (Fsp3) is 0.160. The molecule has 0 unspecified atom stereocenters. The second-order valence-electron chi connectivity index (χ2n) is 7.38. The molecule has 1 heterocycles. The minimum Gasteiger partial charge on any atom is -0.493 e. The Morgan fingerprint density at radius 3 is 2.36 bits per heavy atom. The number of ether oxygens (including phenoxy) is 1. The van der Waals surface area contributed by atoms with Crippen molar-refractivity contribution < 1.29 is 21.8 Å². The largest absolute Gasteiger partial charge is 0.493 e. The summed E-state index contributed by atoms with van der Waals surface area (Å²) in [4.78, 5) is 13.9. The first-order chi connectivity index (χ1) is 15.8. The van der Waals surface area contributed by atoms with E-state index in [1.54, 1.807) is 54.4 Å². The summed E-state index contributed by atoms with van der Waals surface area (Å²) in [6.45, 7) is 1.99. The standard InChI is InChI=1S/C25H23NO6S/c1-4-17-9-12-19(13-10-17)33(28,29)32-24-15-18(11-14-23(24)30-3)26(2)21-16-25(27)31-22-8-6-5-7-20(21)22/h5-16H,4H2,1-3H3. The molecule has 1 aromatic heterocycles. The minimum absolute atomic E-state index is 0.0358. The highest BCUT2D eigenvalue weighted by Crippen LogP contribution is 2.37. The van der Waals surface area contributed by atoms with Crippen LogP contribution in [0.2, 0.25) is 0 Å². The maximum Gasteiger partial charge on any atom is 0.339 e. The smallest absolute Gasteiger partial charge is 0.339 e. The zero-order valence-corrected chi connectivity index (χ0v) is 19.3. The molecule has 170 valence electrons. The molecule has 0 saturated carbocycles. The molecule has 0 aliphatic rings. The molecular formula is C25H23NO6S. The van der Waals surface area contributed by atoms with Crippen molar-refractivity contribution in [3.05, 3.63) is 88.8 Å². The van der Waals surface area contributed by atoms with Gasteiger partial charge in [-0.15, -0.1) is 0 Å². The van der Waals surface area contributed by atoms with E-state index in [0.717, 1.165) is 17.4 Å². The number of methoxy groups -OCH3 is 1. The number of hydrogen-bond donors (Lipinski definition) is 0. The fourth-order valence-electron chi connectivity index (χ4n) is 3.51. The molecule has 0 N–H and O–H groups in total. The Hall–Kier alpha value is -3.78. The number of rotatable bonds is 7. The van der Waals surface area contributed by atoms with Crippen LogP contribution in [0.1, 0.15) is 12.5 Å². The lowest BCUT2D eigenvalue weighted by Crippen LogP contribution is -2.14.